The fourth-order valence-corrected chi connectivity index (χ4v) is 16.4. The molecule has 0 radical (unpaired) electrons. The average Bonchev–Trinajstić information content (AvgIpc) is 1.33. The molecule has 0 saturated heterocycles. The first kappa shape index (κ1) is 75.0. The SMILES string of the molecule is CCCCCCCCCCCCC(CCCCCCCCCC)Cc1ccc(-c2c(-c3ccccc3)cc(-c3cc(Br)cc4c3-c3ccc(Br)cc3C4=O)c(-c3ccccc3)c2-c2ccc(CC(CCCCCCCCCC)CCCCCCCCCCCC)cc2)cc1. The summed E-state index contributed by atoms with van der Waals surface area (Å²) < 4.78 is 1.82. The van der Waals surface area contributed by atoms with Crippen molar-refractivity contribution in [3.63, 3.8) is 0 Å². The van der Waals surface area contributed by atoms with Crippen molar-refractivity contribution >= 4 is 37.6 Å². The maximum atomic E-state index is 14.6. The van der Waals surface area contributed by atoms with Crippen LogP contribution in [0.2, 0.25) is 0 Å². The van der Waals surface area contributed by atoms with E-state index in [1.54, 1.807) is 0 Å². The Labute approximate surface area is 591 Å². The van der Waals surface area contributed by atoms with E-state index in [2.05, 4.69) is 193 Å². The summed E-state index contributed by atoms with van der Waals surface area (Å²) in [5.74, 6) is 1.47. The molecule has 7 aromatic rings. The van der Waals surface area contributed by atoms with Crippen LogP contribution in [0.3, 0.4) is 0 Å². The summed E-state index contributed by atoms with van der Waals surface area (Å²) in [5, 5.41) is 0. The number of hydrogen-bond acceptors (Lipinski definition) is 1. The normalized spacial score (nSPS) is 12.6. The van der Waals surface area contributed by atoms with Gasteiger partial charge in [0.1, 0.15) is 0 Å². The maximum absolute atomic E-state index is 14.6. The molecule has 0 N–H and O–H groups in total. The van der Waals surface area contributed by atoms with E-state index in [1.165, 1.54) is 312 Å². The van der Waals surface area contributed by atoms with Crippen LogP contribution < -0.4 is 0 Å². The Morgan fingerprint density at radius 1 is 0.255 bits per heavy atom. The zero-order valence-corrected chi connectivity index (χ0v) is 62.5. The van der Waals surface area contributed by atoms with Crippen LogP contribution in [-0.2, 0) is 12.8 Å². The van der Waals surface area contributed by atoms with E-state index in [0.717, 1.165) is 55.2 Å². The number of fused-ring (bicyclic) bond motifs is 3. The second kappa shape index (κ2) is 43.5. The molecule has 506 valence electrons. The van der Waals surface area contributed by atoms with E-state index in [1.807, 2.05) is 12.1 Å². The summed E-state index contributed by atoms with van der Waals surface area (Å²) >= 11 is 7.72. The van der Waals surface area contributed by atoms with Gasteiger partial charge in [-0.3, -0.25) is 4.79 Å². The molecule has 7 aromatic carbocycles. The summed E-state index contributed by atoms with van der Waals surface area (Å²) in [5.41, 5.74) is 18.3. The van der Waals surface area contributed by atoms with E-state index >= 15 is 0 Å². The van der Waals surface area contributed by atoms with Crippen molar-refractivity contribution in [3.05, 3.63) is 177 Å². The first-order valence-electron chi connectivity index (χ1n) is 39.0. The van der Waals surface area contributed by atoms with Gasteiger partial charge < -0.3 is 0 Å². The van der Waals surface area contributed by atoms with Gasteiger partial charge in [-0.15, -0.1) is 0 Å². The molecule has 94 heavy (non-hydrogen) atoms. The van der Waals surface area contributed by atoms with Gasteiger partial charge >= 0.3 is 0 Å². The molecular formula is C91H122Br2O. The van der Waals surface area contributed by atoms with E-state index in [0.29, 0.717) is 11.8 Å². The highest BCUT2D eigenvalue weighted by molar-refractivity contribution is 9.10. The van der Waals surface area contributed by atoms with Gasteiger partial charge in [0.15, 0.2) is 5.78 Å². The van der Waals surface area contributed by atoms with Crippen LogP contribution in [0.15, 0.2) is 155 Å². The van der Waals surface area contributed by atoms with Gasteiger partial charge in [-0.1, -0.05) is 432 Å². The standard InChI is InChI=1S/C91H122Br2O/c1-5-9-13-17-21-25-27-31-35-41-49-71(47-39-33-29-23-19-15-11-7-3)65-73-55-59-77(60-56-73)87-82(75-51-43-37-44-52-75)70-84(83-68-80(93)69-86-90(83)81-64-63-79(92)67-85(81)91(86)94)88(76-53-45-38-46-54-76)89(87)78-61-57-74(58-62-78)66-72(48-40-34-30-24-20-16-12-8-4)50-42-36-32-28-26-22-18-14-10-6-2/h37-38,43-46,51-64,67-72H,5-36,39-42,47-50,65-66H2,1-4H3. The first-order chi connectivity index (χ1) is 46.3. The molecule has 2 unspecified atom stereocenters. The molecule has 0 heterocycles. The Morgan fingerprint density at radius 2 is 0.574 bits per heavy atom. The second-order valence-corrected chi connectivity index (χ2v) is 30.6. The van der Waals surface area contributed by atoms with Crippen molar-refractivity contribution in [1.29, 1.82) is 0 Å². The van der Waals surface area contributed by atoms with Gasteiger partial charge in [0.05, 0.1) is 0 Å². The number of hydrogen-bond donors (Lipinski definition) is 0. The van der Waals surface area contributed by atoms with Gasteiger partial charge in [-0.05, 0) is 127 Å². The summed E-state index contributed by atoms with van der Waals surface area (Å²) in [6.07, 6.45) is 57.3. The molecular weight excluding hydrogens is 1270 g/mol. The molecule has 8 rings (SSSR count). The predicted molar refractivity (Wildman–Crippen MR) is 420 cm³/mol. The fourth-order valence-electron chi connectivity index (χ4n) is 15.5. The largest absolute Gasteiger partial charge is 0.289 e. The minimum absolute atomic E-state index is 0.0725. The highest BCUT2D eigenvalue weighted by Gasteiger charge is 2.33. The maximum Gasteiger partial charge on any atom is 0.194 e. The van der Waals surface area contributed by atoms with Crippen LogP contribution in [-0.4, -0.2) is 5.78 Å². The average molecular weight is 1390 g/mol. The molecule has 1 nitrogen and oxygen atoms in total. The quantitative estimate of drug-likeness (QED) is 0.0347. The predicted octanol–water partition coefficient (Wildman–Crippen LogP) is 30.8. The van der Waals surface area contributed by atoms with Crippen LogP contribution >= 0.6 is 31.9 Å². The monoisotopic (exact) mass is 1390 g/mol. The molecule has 3 heteroatoms. The van der Waals surface area contributed by atoms with Gasteiger partial charge in [-0.2, -0.15) is 0 Å². The van der Waals surface area contributed by atoms with Gasteiger partial charge in [-0.25, -0.2) is 0 Å². The Hall–Kier alpha value is -4.83. The van der Waals surface area contributed by atoms with E-state index in [-0.39, 0.29) is 5.78 Å². The molecule has 0 aromatic heterocycles. The van der Waals surface area contributed by atoms with Crippen LogP contribution in [0.4, 0.5) is 0 Å². The lowest BCUT2D eigenvalue weighted by molar-refractivity contribution is 0.104. The van der Waals surface area contributed by atoms with E-state index in [9.17, 15) is 4.79 Å². The zero-order valence-electron chi connectivity index (χ0n) is 59.4. The fraction of sp³-hybridized carbons (Fsp3) is 0.527. The highest BCUT2D eigenvalue weighted by Crippen LogP contribution is 2.54. The van der Waals surface area contributed by atoms with Crippen molar-refractivity contribution in [3.8, 4) is 66.8 Å². The molecule has 2 atom stereocenters. The van der Waals surface area contributed by atoms with Gasteiger partial charge in [0, 0.05) is 25.6 Å². The molecule has 0 fully saturated rings. The zero-order chi connectivity index (χ0) is 65.8. The smallest absolute Gasteiger partial charge is 0.194 e. The van der Waals surface area contributed by atoms with Crippen molar-refractivity contribution < 1.29 is 4.79 Å². The molecule has 0 bridgehead atoms. The topological polar surface area (TPSA) is 17.1 Å². The Morgan fingerprint density at radius 3 is 0.979 bits per heavy atom. The number of unbranched alkanes of at least 4 members (excludes halogenated alkanes) is 32. The second-order valence-electron chi connectivity index (χ2n) is 28.7. The number of carbonyl (C=O) groups excluding carboxylic acids is 1. The number of rotatable bonds is 49. The van der Waals surface area contributed by atoms with Crippen LogP contribution in [0, 0.1) is 11.8 Å². The Kier molecular flexibility index (Phi) is 34.6. The van der Waals surface area contributed by atoms with Crippen LogP contribution in [0.1, 0.15) is 312 Å². The van der Waals surface area contributed by atoms with Crippen LogP contribution in [0.25, 0.3) is 66.8 Å². The number of benzene rings is 7. The lowest BCUT2D eigenvalue weighted by atomic mass is 9.77. The summed E-state index contributed by atoms with van der Waals surface area (Å²) in [4.78, 5) is 14.6. The summed E-state index contributed by atoms with van der Waals surface area (Å²) in [6.45, 7) is 9.29. The lowest BCUT2D eigenvalue weighted by Crippen LogP contribution is -2.06. The van der Waals surface area contributed by atoms with E-state index in [4.69, 9.17) is 0 Å². The third-order valence-corrected chi connectivity index (χ3v) is 22.0. The van der Waals surface area contributed by atoms with Crippen molar-refractivity contribution in [1.82, 2.24) is 0 Å². The Balaban J connectivity index is 1.18. The van der Waals surface area contributed by atoms with E-state index < -0.39 is 0 Å². The molecule has 1 aliphatic carbocycles. The van der Waals surface area contributed by atoms with Crippen LogP contribution in [0.5, 0.6) is 0 Å². The van der Waals surface area contributed by atoms with Crippen molar-refractivity contribution in [2.45, 2.75) is 297 Å². The number of carbonyl (C=O) groups is 1. The van der Waals surface area contributed by atoms with Crippen molar-refractivity contribution in [2.75, 3.05) is 0 Å². The van der Waals surface area contributed by atoms with Gasteiger partial charge in [0.25, 0.3) is 0 Å². The number of ketones is 1. The van der Waals surface area contributed by atoms with Crippen molar-refractivity contribution in [2.24, 2.45) is 11.8 Å². The third-order valence-electron chi connectivity index (χ3n) is 21.0. The minimum atomic E-state index is 0.0725. The minimum Gasteiger partial charge on any atom is -0.289 e. The first-order valence-corrected chi connectivity index (χ1v) is 40.6. The molecule has 0 aliphatic heterocycles. The Bertz CT molecular complexity index is 3230. The molecule has 0 saturated carbocycles. The summed E-state index contributed by atoms with van der Waals surface area (Å²) in [6, 6.07) is 55.3. The highest BCUT2D eigenvalue weighted by atomic mass is 79.9. The molecule has 1 aliphatic rings. The molecule has 0 amide bonds. The van der Waals surface area contributed by atoms with Gasteiger partial charge in [0.2, 0.25) is 0 Å². The third kappa shape index (κ3) is 24.0. The lowest BCUT2D eigenvalue weighted by Gasteiger charge is -2.26. The molecule has 0 spiro atoms. The summed E-state index contributed by atoms with van der Waals surface area (Å²) in [7, 11) is 0. The number of halogens is 2.